The molecule has 2 aromatic carbocycles. The molecule has 0 bridgehead atoms. The van der Waals surface area contributed by atoms with Gasteiger partial charge in [0.25, 0.3) is 5.91 Å². The second-order valence-corrected chi connectivity index (χ2v) is 7.60. The van der Waals surface area contributed by atoms with Crippen LogP contribution in [0, 0.1) is 0 Å². The van der Waals surface area contributed by atoms with E-state index in [4.69, 9.17) is 11.6 Å². The number of nitrogens with one attached hydrogen (secondary N) is 2. The van der Waals surface area contributed by atoms with Crippen molar-refractivity contribution in [1.29, 1.82) is 0 Å². The van der Waals surface area contributed by atoms with Crippen LogP contribution in [0.25, 0.3) is 0 Å². The third-order valence-electron chi connectivity index (χ3n) is 5.36. The second kappa shape index (κ2) is 10.6. The van der Waals surface area contributed by atoms with Gasteiger partial charge in [0.2, 0.25) is 5.91 Å². The van der Waals surface area contributed by atoms with E-state index >= 15 is 0 Å². The van der Waals surface area contributed by atoms with Crippen LogP contribution in [0.4, 0.5) is 0 Å². The molecule has 3 unspecified atom stereocenters. The molecule has 1 saturated heterocycles. The molecule has 3 rings (SSSR count). The van der Waals surface area contributed by atoms with Gasteiger partial charge in [-0.3, -0.25) is 9.59 Å². The summed E-state index contributed by atoms with van der Waals surface area (Å²) in [5, 5.41) is 6.77. The maximum atomic E-state index is 13.0. The van der Waals surface area contributed by atoms with E-state index in [1.807, 2.05) is 35.2 Å². The van der Waals surface area contributed by atoms with Crippen molar-refractivity contribution in [2.24, 2.45) is 0 Å². The lowest BCUT2D eigenvalue weighted by molar-refractivity contribution is -0.135. The Bertz CT molecular complexity index is 832. The summed E-state index contributed by atoms with van der Waals surface area (Å²) in [5.74, 6) is -0.247. The van der Waals surface area contributed by atoms with E-state index in [2.05, 4.69) is 24.5 Å². The molecule has 29 heavy (non-hydrogen) atoms. The topological polar surface area (TPSA) is 61.4 Å². The number of amides is 2. The fourth-order valence-electron chi connectivity index (χ4n) is 3.52. The van der Waals surface area contributed by atoms with Crippen molar-refractivity contribution in [1.82, 2.24) is 15.5 Å². The molecule has 3 atom stereocenters. The van der Waals surface area contributed by atoms with Crippen LogP contribution < -0.4 is 10.6 Å². The molecule has 5 nitrogen and oxygen atoms in total. The first-order valence-corrected chi connectivity index (χ1v) is 9.98. The molecule has 0 aromatic heterocycles. The number of hydrogen-bond acceptors (Lipinski definition) is 3. The number of piperazine rings is 1. The summed E-state index contributed by atoms with van der Waals surface area (Å²) in [6.45, 7) is 5.58. The van der Waals surface area contributed by atoms with Crippen molar-refractivity contribution >= 4 is 35.8 Å². The lowest BCUT2D eigenvalue weighted by Gasteiger charge is -2.39. The van der Waals surface area contributed by atoms with Gasteiger partial charge >= 0.3 is 0 Å². The normalized spacial score (nSPS) is 19.8. The zero-order valence-corrected chi connectivity index (χ0v) is 18.2. The molecule has 2 aromatic rings. The number of rotatable bonds is 5. The average molecular weight is 436 g/mol. The van der Waals surface area contributed by atoms with Crippen LogP contribution in [0.3, 0.4) is 0 Å². The van der Waals surface area contributed by atoms with Gasteiger partial charge in [0.1, 0.15) is 0 Å². The summed E-state index contributed by atoms with van der Waals surface area (Å²) in [5.41, 5.74) is 1.30. The van der Waals surface area contributed by atoms with Gasteiger partial charge in [0, 0.05) is 25.2 Å². The number of nitrogens with zero attached hydrogens (tertiary/aromatic N) is 1. The van der Waals surface area contributed by atoms with Gasteiger partial charge in [-0.2, -0.15) is 0 Å². The summed E-state index contributed by atoms with van der Waals surface area (Å²) < 4.78 is 0. The van der Waals surface area contributed by atoms with Crippen molar-refractivity contribution < 1.29 is 9.59 Å². The van der Waals surface area contributed by atoms with Crippen LogP contribution in [-0.4, -0.2) is 41.9 Å². The highest BCUT2D eigenvalue weighted by Gasteiger charge is 2.30. The molecular weight excluding hydrogens is 409 g/mol. The van der Waals surface area contributed by atoms with Gasteiger partial charge in [-0.1, -0.05) is 54.1 Å². The summed E-state index contributed by atoms with van der Waals surface area (Å²) in [6, 6.07) is 16.4. The summed E-state index contributed by atoms with van der Waals surface area (Å²) in [4.78, 5) is 27.7. The summed E-state index contributed by atoms with van der Waals surface area (Å²) >= 11 is 6.17. The first kappa shape index (κ1) is 23.2. The largest absolute Gasteiger partial charge is 0.345 e. The minimum atomic E-state index is -0.421. The first-order valence-electron chi connectivity index (χ1n) is 9.60. The Morgan fingerprint density at radius 1 is 1.14 bits per heavy atom. The molecule has 1 fully saturated rings. The zero-order chi connectivity index (χ0) is 20.1. The Balaban J connectivity index is 0.00000300. The van der Waals surface area contributed by atoms with Gasteiger partial charge in [-0.25, -0.2) is 0 Å². The lowest BCUT2D eigenvalue weighted by Crippen LogP contribution is -2.57. The van der Waals surface area contributed by atoms with E-state index in [1.54, 1.807) is 24.3 Å². The highest BCUT2D eigenvalue weighted by molar-refractivity contribution is 6.33. The highest BCUT2D eigenvalue weighted by Crippen LogP contribution is 2.22. The van der Waals surface area contributed by atoms with Crippen LogP contribution >= 0.6 is 24.0 Å². The Kier molecular flexibility index (Phi) is 8.50. The molecule has 0 saturated carbocycles. The summed E-state index contributed by atoms with van der Waals surface area (Å²) in [6.07, 6.45) is 0.206. The van der Waals surface area contributed by atoms with Gasteiger partial charge in [-0.15, -0.1) is 12.4 Å². The highest BCUT2D eigenvalue weighted by atomic mass is 35.5. The van der Waals surface area contributed by atoms with Crippen LogP contribution in [0.1, 0.15) is 42.2 Å². The van der Waals surface area contributed by atoms with E-state index < -0.39 is 6.04 Å². The molecular formula is C22H27Cl2N3O2. The molecule has 7 heteroatoms. The number of benzene rings is 2. The van der Waals surface area contributed by atoms with Crippen molar-refractivity contribution in [2.75, 3.05) is 13.1 Å². The van der Waals surface area contributed by atoms with E-state index in [1.165, 1.54) is 0 Å². The minimum Gasteiger partial charge on any atom is -0.345 e. The number of hydrogen-bond donors (Lipinski definition) is 2. The third-order valence-corrected chi connectivity index (χ3v) is 5.69. The van der Waals surface area contributed by atoms with E-state index in [-0.39, 0.29) is 42.7 Å². The fourth-order valence-corrected chi connectivity index (χ4v) is 3.74. The standard InChI is InChI=1S/C22H26ClN3O2.ClH/c1-15-16(2)26(13-12-24-15)21(27)14-20(17-8-4-3-5-9-17)25-22(28)18-10-6-7-11-19(18)23;/h3-11,15-16,20,24H,12-14H2,1-2H3,(H,25,28);1H. The Morgan fingerprint density at radius 2 is 1.79 bits per heavy atom. The Morgan fingerprint density at radius 3 is 2.48 bits per heavy atom. The van der Waals surface area contributed by atoms with Gasteiger partial charge in [0.15, 0.2) is 0 Å². The molecule has 0 radical (unpaired) electrons. The molecule has 1 heterocycles. The van der Waals surface area contributed by atoms with E-state index in [9.17, 15) is 9.59 Å². The van der Waals surface area contributed by atoms with Crippen molar-refractivity contribution in [3.8, 4) is 0 Å². The average Bonchev–Trinajstić information content (AvgIpc) is 2.70. The Labute approximate surface area is 183 Å². The molecule has 2 N–H and O–H groups in total. The van der Waals surface area contributed by atoms with Gasteiger partial charge < -0.3 is 15.5 Å². The molecule has 156 valence electrons. The van der Waals surface area contributed by atoms with Crippen LogP contribution in [0.15, 0.2) is 54.6 Å². The summed E-state index contributed by atoms with van der Waals surface area (Å²) in [7, 11) is 0. The fraction of sp³-hybridized carbons (Fsp3) is 0.364. The van der Waals surface area contributed by atoms with Crippen LogP contribution in [0.5, 0.6) is 0 Å². The quantitative estimate of drug-likeness (QED) is 0.749. The smallest absolute Gasteiger partial charge is 0.253 e. The molecule has 0 spiro atoms. The maximum Gasteiger partial charge on any atom is 0.253 e. The number of halogens is 2. The SMILES string of the molecule is CC1NCCN(C(=O)CC(NC(=O)c2ccccc2Cl)c2ccccc2)C1C.Cl. The predicted octanol–water partition coefficient (Wildman–Crippen LogP) is 3.83. The predicted molar refractivity (Wildman–Crippen MR) is 119 cm³/mol. The third kappa shape index (κ3) is 5.72. The monoisotopic (exact) mass is 435 g/mol. The van der Waals surface area contributed by atoms with Crippen LogP contribution in [0.2, 0.25) is 5.02 Å². The van der Waals surface area contributed by atoms with Crippen LogP contribution in [-0.2, 0) is 4.79 Å². The van der Waals surface area contributed by atoms with E-state index in [0.717, 1.165) is 12.1 Å². The van der Waals surface area contributed by atoms with E-state index in [0.29, 0.717) is 17.1 Å². The van der Waals surface area contributed by atoms with Gasteiger partial charge in [-0.05, 0) is 31.5 Å². The first-order chi connectivity index (χ1) is 13.5. The van der Waals surface area contributed by atoms with Crippen molar-refractivity contribution in [3.63, 3.8) is 0 Å². The van der Waals surface area contributed by atoms with Crippen molar-refractivity contribution in [2.45, 2.75) is 38.4 Å². The zero-order valence-electron chi connectivity index (χ0n) is 16.6. The number of carbonyl (C=O) groups is 2. The minimum absolute atomic E-state index is 0. The second-order valence-electron chi connectivity index (χ2n) is 7.19. The van der Waals surface area contributed by atoms with Crippen molar-refractivity contribution in [3.05, 3.63) is 70.7 Å². The molecule has 2 amide bonds. The molecule has 1 aliphatic heterocycles. The lowest BCUT2D eigenvalue weighted by atomic mass is 10.0. The van der Waals surface area contributed by atoms with Gasteiger partial charge in [0.05, 0.1) is 23.0 Å². The number of carbonyl (C=O) groups excluding carboxylic acids is 2. The molecule has 1 aliphatic rings. The Hall–Kier alpha value is -2.08. The maximum absolute atomic E-state index is 13.0. The molecule has 0 aliphatic carbocycles.